The van der Waals surface area contributed by atoms with E-state index in [4.69, 9.17) is 14.2 Å². The van der Waals surface area contributed by atoms with Crippen LogP contribution in [0.3, 0.4) is 0 Å². The number of methoxy groups -OCH3 is 2. The van der Waals surface area contributed by atoms with E-state index in [1.807, 2.05) is 48.5 Å². The molecule has 4 aromatic rings. The largest absolute Gasteiger partial charge is 0.492 e. The predicted molar refractivity (Wildman–Crippen MR) is 140 cm³/mol. The molecule has 37 heavy (non-hydrogen) atoms. The number of ether oxygens (including phenoxy) is 3. The third kappa shape index (κ3) is 6.07. The maximum absolute atomic E-state index is 12.6. The molecule has 0 saturated carbocycles. The Morgan fingerprint density at radius 2 is 1.59 bits per heavy atom. The van der Waals surface area contributed by atoms with Gasteiger partial charge in [0.2, 0.25) is 0 Å². The zero-order valence-corrected chi connectivity index (χ0v) is 21.3. The van der Waals surface area contributed by atoms with Gasteiger partial charge in [-0.25, -0.2) is 0 Å². The van der Waals surface area contributed by atoms with Crippen molar-refractivity contribution in [2.45, 2.75) is 19.1 Å². The quantitative estimate of drug-likeness (QED) is 0.251. The first kappa shape index (κ1) is 26.1. The summed E-state index contributed by atoms with van der Waals surface area (Å²) in [5.41, 5.74) is 3.06. The van der Waals surface area contributed by atoms with Gasteiger partial charge in [0.15, 0.2) is 5.92 Å². The number of rotatable bonds is 10. The lowest BCUT2D eigenvalue weighted by molar-refractivity contribution is -0.158. The Hall–Kier alpha value is -3.95. The van der Waals surface area contributed by atoms with Gasteiger partial charge in [0.1, 0.15) is 18.5 Å². The highest BCUT2D eigenvalue weighted by Gasteiger charge is 2.28. The number of hydrogen-bond donors (Lipinski definition) is 1. The van der Waals surface area contributed by atoms with Gasteiger partial charge in [-0.05, 0) is 47.4 Å². The Bertz CT molecular complexity index is 1410. The number of aliphatic hydroxyl groups is 1. The first-order valence-corrected chi connectivity index (χ1v) is 12.5. The van der Waals surface area contributed by atoms with Crippen molar-refractivity contribution in [3.63, 3.8) is 0 Å². The number of aliphatic hydroxyl groups excluding tert-OH is 1. The molecule has 1 heterocycles. The van der Waals surface area contributed by atoms with E-state index in [9.17, 15) is 19.5 Å². The standard InChI is InChI=1S/C28H27NO7S/c1-34-26(31)22(27(32)35-2)16-18-8-11-21(12-9-18)36-15-14-29-23-13-10-20(17-24(23)37-28(29)33)25(30)19-6-4-3-5-7-19/h3-13,17,22,25,30H,14-16H2,1-2H3. The van der Waals surface area contributed by atoms with Crippen molar-refractivity contribution in [2.75, 3.05) is 20.8 Å². The van der Waals surface area contributed by atoms with E-state index in [-0.39, 0.29) is 17.9 Å². The van der Waals surface area contributed by atoms with Crippen LogP contribution in [-0.4, -0.2) is 42.4 Å². The van der Waals surface area contributed by atoms with Gasteiger partial charge < -0.3 is 19.3 Å². The van der Waals surface area contributed by atoms with E-state index in [0.29, 0.717) is 12.3 Å². The zero-order chi connectivity index (χ0) is 26.4. The molecule has 4 rings (SSSR count). The second kappa shape index (κ2) is 11.9. The second-order valence-corrected chi connectivity index (χ2v) is 9.35. The SMILES string of the molecule is COC(=O)C(Cc1ccc(OCCn2c(=O)sc3cc(C(O)c4ccccc4)ccc32)cc1)C(=O)OC. The summed E-state index contributed by atoms with van der Waals surface area (Å²) in [5, 5.41) is 10.7. The number of thiazole rings is 1. The van der Waals surface area contributed by atoms with E-state index in [1.54, 1.807) is 28.8 Å². The van der Waals surface area contributed by atoms with Gasteiger partial charge in [-0.15, -0.1) is 0 Å². The number of esters is 2. The predicted octanol–water partition coefficient (Wildman–Crippen LogP) is 3.73. The van der Waals surface area contributed by atoms with Crippen LogP contribution in [0.5, 0.6) is 5.75 Å². The van der Waals surface area contributed by atoms with E-state index in [2.05, 4.69) is 0 Å². The van der Waals surface area contributed by atoms with Crippen molar-refractivity contribution in [1.82, 2.24) is 4.57 Å². The molecule has 9 heteroatoms. The van der Waals surface area contributed by atoms with Gasteiger partial charge in [-0.2, -0.15) is 0 Å². The lowest BCUT2D eigenvalue weighted by Gasteiger charge is -2.13. The fourth-order valence-electron chi connectivity index (χ4n) is 4.05. The van der Waals surface area contributed by atoms with E-state index in [1.165, 1.54) is 14.2 Å². The molecule has 0 aliphatic heterocycles. The van der Waals surface area contributed by atoms with Crippen LogP contribution in [0.4, 0.5) is 0 Å². The number of carbonyl (C=O) groups is 2. The molecule has 1 aromatic heterocycles. The minimum atomic E-state index is -1.03. The Labute approximate surface area is 217 Å². The van der Waals surface area contributed by atoms with Crippen LogP contribution < -0.4 is 9.61 Å². The topological polar surface area (TPSA) is 104 Å². The third-order valence-electron chi connectivity index (χ3n) is 6.04. The highest BCUT2D eigenvalue weighted by molar-refractivity contribution is 7.16. The van der Waals surface area contributed by atoms with Crippen molar-refractivity contribution in [3.05, 3.63) is 99.2 Å². The van der Waals surface area contributed by atoms with E-state index in [0.717, 1.165) is 38.2 Å². The summed E-state index contributed by atoms with van der Waals surface area (Å²) in [6.07, 6.45) is -0.616. The van der Waals surface area contributed by atoms with Crippen LogP contribution in [0.15, 0.2) is 77.6 Å². The van der Waals surface area contributed by atoms with Gasteiger partial charge in [-0.1, -0.05) is 59.9 Å². The molecule has 0 bridgehead atoms. The lowest BCUT2D eigenvalue weighted by Crippen LogP contribution is -2.28. The Morgan fingerprint density at radius 1 is 0.919 bits per heavy atom. The summed E-state index contributed by atoms with van der Waals surface area (Å²) in [6, 6.07) is 21.9. The van der Waals surface area contributed by atoms with Crippen LogP contribution in [0.1, 0.15) is 22.8 Å². The van der Waals surface area contributed by atoms with E-state index >= 15 is 0 Å². The van der Waals surface area contributed by atoms with Crippen LogP contribution in [-0.2, 0) is 32.0 Å². The number of aromatic nitrogens is 1. The first-order valence-electron chi connectivity index (χ1n) is 11.6. The van der Waals surface area contributed by atoms with Crippen LogP contribution in [0.25, 0.3) is 10.2 Å². The van der Waals surface area contributed by atoms with Crippen molar-refractivity contribution in [2.24, 2.45) is 5.92 Å². The molecular formula is C28H27NO7S. The Balaban J connectivity index is 1.39. The number of fused-ring (bicyclic) bond motifs is 1. The minimum Gasteiger partial charge on any atom is -0.492 e. The fraction of sp³-hybridized carbons (Fsp3) is 0.250. The normalized spacial score (nSPS) is 11.9. The maximum atomic E-state index is 12.6. The molecule has 0 amide bonds. The van der Waals surface area contributed by atoms with Crippen molar-refractivity contribution in [3.8, 4) is 5.75 Å². The van der Waals surface area contributed by atoms with Crippen LogP contribution in [0.2, 0.25) is 0 Å². The van der Waals surface area contributed by atoms with E-state index < -0.39 is 24.0 Å². The summed E-state index contributed by atoms with van der Waals surface area (Å²) in [5.74, 6) is -1.74. The lowest BCUT2D eigenvalue weighted by atomic mass is 9.99. The number of nitrogens with zero attached hydrogens (tertiary/aromatic N) is 1. The molecule has 8 nitrogen and oxygen atoms in total. The monoisotopic (exact) mass is 521 g/mol. The average Bonchev–Trinajstić information content (AvgIpc) is 3.25. The minimum absolute atomic E-state index is 0.100. The summed E-state index contributed by atoms with van der Waals surface area (Å²) in [4.78, 5) is 36.3. The molecule has 0 radical (unpaired) electrons. The van der Waals surface area contributed by atoms with Gasteiger partial charge in [0.25, 0.3) is 0 Å². The molecule has 0 aliphatic carbocycles. The Morgan fingerprint density at radius 3 is 2.24 bits per heavy atom. The zero-order valence-electron chi connectivity index (χ0n) is 20.5. The van der Waals surface area contributed by atoms with Crippen molar-refractivity contribution < 1.29 is 28.9 Å². The summed E-state index contributed by atoms with van der Waals surface area (Å²) >= 11 is 1.13. The number of hydrogen-bond acceptors (Lipinski definition) is 8. The summed E-state index contributed by atoms with van der Waals surface area (Å²) < 4.78 is 17.7. The molecule has 1 unspecified atom stereocenters. The van der Waals surface area contributed by atoms with Crippen molar-refractivity contribution in [1.29, 1.82) is 0 Å². The molecule has 3 aromatic carbocycles. The average molecular weight is 522 g/mol. The van der Waals surface area contributed by atoms with Crippen LogP contribution >= 0.6 is 11.3 Å². The smallest absolute Gasteiger partial charge is 0.320 e. The highest BCUT2D eigenvalue weighted by atomic mass is 32.1. The third-order valence-corrected chi connectivity index (χ3v) is 6.98. The summed E-state index contributed by atoms with van der Waals surface area (Å²) in [7, 11) is 2.45. The van der Waals surface area contributed by atoms with Gasteiger partial charge in [0, 0.05) is 0 Å². The number of carbonyl (C=O) groups excluding carboxylic acids is 2. The molecule has 1 N–H and O–H groups in total. The molecule has 0 spiro atoms. The molecule has 0 fully saturated rings. The van der Waals surface area contributed by atoms with Gasteiger partial charge >= 0.3 is 16.8 Å². The Kier molecular flexibility index (Phi) is 8.37. The van der Waals surface area contributed by atoms with Gasteiger partial charge in [0.05, 0.1) is 31.0 Å². The van der Waals surface area contributed by atoms with Crippen LogP contribution in [0, 0.1) is 5.92 Å². The number of benzene rings is 3. The molecular weight excluding hydrogens is 494 g/mol. The molecule has 0 aliphatic rings. The summed E-state index contributed by atoms with van der Waals surface area (Å²) in [6.45, 7) is 0.625. The first-order chi connectivity index (χ1) is 17.9. The molecule has 192 valence electrons. The van der Waals surface area contributed by atoms with Gasteiger partial charge in [-0.3, -0.25) is 19.0 Å². The molecule has 1 atom stereocenters. The maximum Gasteiger partial charge on any atom is 0.320 e. The second-order valence-electron chi connectivity index (χ2n) is 8.36. The van der Waals surface area contributed by atoms with Crippen molar-refractivity contribution >= 4 is 33.5 Å². The molecule has 0 saturated heterocycles. The fourth-order valence-corrected chi connectivity index (χ4v) is 5.02. The highest BCUT2D eigenvalue weighted by Crippen LogP contribution is 2.27.